The van der Waals surface area contributed by atoms with E-state index in [1.165, 1.54) is 5.56 Å². The number of likely N-dealkylation sites (N-methyl/N-ethyl adjacent to an activating group) is 1. The second-order valence-corrected chi connectivity index (χ2v) is 7.83. The highest BCUT2D eigenvalue weighted by atomic mass is 16.6. The highest BCUT2D eigenvalue weighted by Gasteiger charge is 2.46. The van der Waals surface area contributed by atoms with Gasteiger partial charge in [0.25, 0.3) is 5.91 Å². The van der Waals surface area contributed by atoms with E-state index in [1.807, 2.05) is 11.8 Å². The third-order valence-corrected chi connectivity index (χ3v) is 5.83. The molecule has 0 bridgehead atoms. The first-order valence-electron chi connectivity index (χ1n) is 9.12. The Morgan fingerprint density at radius 1 is 1.19 bits per heavy atom. The third kappa shape index (κ3) is 2.55. The molecule has 26 heavy (non-hydrogen) atoms. The summed E-state index contributed by atoms with van der Waals surface area (Å²) in [4.78, 5) is 31.6. The van der Waals surface area contributed by atoms with Gasteiger partial charge in [0.1, 0.15) is 11.3 Å². The molecular formula is C20H25N3O3. The average Bonchev–Trinajstić information content (AvgIpc) is 3.05. The van der Waals surface area contributed by atoms with Crippen LogP contribution in [-0.4, -0.2) is 59.1 Å². The molecule has 4 rings (SSSR count). The fraction of sp³-hybridized carbons (Fsp3) is 0.500. The van der Waals surface area contributed by atoms with Crippen LogP contribution in [-0.2, 0) is 4.74 Å². The number of hydrogen-bond donors (Lipinski definition) is 1. The van der Waals surface area contributed by atoms with Crippen LogP contribution in [0, 0.1) is 20.8 Å². The molecule has 3 heterocycles. The first-order valence-corrected chi connectivity index (χ1v) is 9.12. The van der Waals surface area contributed by atoms with E-state index in [2.05, 4.69) is 31.0 Å². The lowest BCUT2D eigenvalue weighted by Gasteiger charge is -2.37. The highest BCUT2D eigenvalue weighted by molar-refractivity contribution is 6.01. The first kappa shape index (κ1) is 16.9. The summed E-state index contributed by atoms with van der Waals surface area (Å²) in [7, 11) is 1.76. The number of carbonyl (C=O) groups is 2. The Bertz CT molecular complexity index is 907. The smallest absolute Gasteiger partial charge is 0.410 e. The largest absolute Gasteiger partial charge is 0.441 e. The van der Waals surface area contributed by atoms with Crippen molar-refractivity contribution >= 4 is 22.9 Å². The normalized spacial score (nSPS) is 19.5. The van der Waals surface area contributed by atoms with Gasteiger partial charge in [0.15, 0.2) is 0 Å². The standard InChI is InChI=1S/C20H25N3O3/c1-12-9-13(2)16-15(10-12)14(3)17(21-16)18(24)23-7-5-20(6-8-23)11-22(4)19(25)26-20/h9-10,21H,5-8,11H2,1-4H3. The van der Waals surface area contributed by atoms with Crippen molar-refractivity contribution in [3.05, 3.63) is 34.5 Å². The summed E-state index contributed by atoms with van der Waals surface area (Å²) in [5.41, 5.74) is 4.64. The van der Waals surface area contributed by atoms with Crippen LogP contribution in [0.15, 0.2) is 12.1 Å². The predicted molar refractivity (Wildman–Crippen MR) is 99.5 cm³/mol. The molecule has 0 aliphatic carbocycles. The maximum atomic E-state index is 13.1. The number of aromatic nitrogens is 1. The SMILES string of the molecule is Cc1cc(C)c2[nH]c(C(=O)N3CCC4(CC3)CN(C)C(=O)O4)c(C)c2c1. The zero-order chi connectivity index (χ0) is 18.6. The summed E-state index contributed by atoms with van der Waals surface area (Å²) in [5.74, 6) is 0.0308. The summed E-state index contributed by atoms with van der Waals surface area (Å²) in [6, 6.07) is 4.26. The molecule has 1 aromatic carbocycles. The number of aryl methyl sites for hydroxylation is 3. The molecular weight excluding hydrogens is 330 g/mol. The number of hydrogen-bond acceptors (Lipinski definition) is 3. The number of rotatable bonds is 1. The Hall–Kier alpha value is -2.50. The van der Waals surface area contributed by atoms with E-state index in [0.717, 1.165) is 22.0 Å². The van der Waals surface area contributed by atoms with Gasteiger partial charge in [-0.25, -0.2) is 4.79 Å². The van der Waals surface area contributed by atoms with Gasteiger partial charge in [0, 0.05) is 43.9 Å². The van der Waals surface area contributed by atoms with Crippen molar-refractivity contribution in [1.82, 2.24) is 14.8 Å². The van der Waals surface area contributed by atoms with Crippen molar-refractivity contribution in [1.29, 1.82) is 0 Å². The van der Waals surface area contributed by atoms with Gasteiger partial charge in [0.2, 0.25) is 0 Å². The summed E-state index contributed by atoms with van der Waals surface area (Å²) in [5, 5.41) is 1.12. The Morgan fingerprint density at radius 2 is 1.88 bits per heavy atom. The second kappa shape index (κ2) is 5.76. The van der Waals surface area contributed by atoms with E-state index in [0.29, 0.717) is 38.2 Å². The molecule has 0 radical (unpaired) electrons. The predicted octanol–water partition coefficient (Wildman–Crippen LogP) is 3.15. The minimum atomic E-state index is -0.425. The van der Waals surface area contributed by atoms with Crippen LogP contribution < -0.4 is 0 Å². The Balaban J connectivity index is 1.56. The van der Waals surface area contributed by atoms with Crippen molar-refractivity contribution in [2.24, 2.45) is 0 Å². The fourth-order valence-electron chi connectivity index (χ4n) is 4.32. The number of benzene rings is 1. The number of carbonyl (C=O) groups excluding carboxylic acids is 2. The summed E-state index contributed by atoms with van der Waals surface area (Å²) < 4.78 is 5.58. The topological polar surface area (TPSA) is 65.6 Å². The van der Waals surface area contributed by atoms with Crippen LogP contribution in [0.25, 0.3) is 10.9 Å². The van der Waals surface area contributed by atoms with Gasteiger partial charge in [-0.2, -0.15) is 0 Å². The molecule has 138 valence electrons. The molecule has 0 unspecified atom stereocenters. The number of ether oxygens (including phenoxy) is 1. The van der Waals surface area contributed by atoms with E-state index < -0.39 is 5.60 Å². The molecule has 0 atom stereocenters. The van der Waals surface area contributed by atoms with Crippen molar-refractivity contribution in [3.63, 3.8) is 0 Å². The minimum absolute atomic E-state index is 0.0308. The quantitative estimate of drug-likeness (QED) is 0.855. The maximum Gasteiger partial charge on any atom is 0.410 e. The lowest BCUT2D eigenvalue weighted by Crippen LogP contribution is -2.48. The lowest BCUT2D eigenvalue weighted by molar-refractivity contribution is 0.00301. The van der Waals surface area contributed by atoms with Crippen LogP contribution in [0.1, 0.15) is 40.0 Å². The first-order chi connectivity index (χ1) is 12.3. The molecule has 6 heteroatoms. The molecule has 2 aromatic rings. The number of nitrogens with zero attached hydrogens (tertiary/aromatic N) is 2. The number of fused-ring (bicyclic) bond motifs is 1. The van der Waals surface area contributed by atoms with Crippen LogP contribution in [0.5, 0.6) is 0 Å². The number of likely N-dealkylation sites (tertiary alicyclic amines) is 1. The van der Waals surface area contributed by atoms with Gasteiger partial charge in [0.05, 0.1) is 6.54 Å². The molecule has 2 saturated heterocycles. The van der Waals surface area contributed by atoms with Gasteiger partial charge in [-0.1, -0.05) is 11.6 Å². The molecule has 2 aliphatic heterocycles. The molecule has 2 amide bonds. The number of piperidine rings is 1. The minimum Gasteiger partial charge on any atom is -0.441 e. The number of aromatic amines is 1. The Labute approximate surface area is 153 Å². The lowest BCUT2D eigenvalue weighted by atomic mass is 9.91. The van der Waals surface area contributed by atoms with Crippen LogP contribution >= 0.6 is 0 Å². The Morgan fingerprint density at radius 3 is 2.50 bits per heavy atom. The molecule has 2 aliphatic rings. The molecule has 1 aromatic heterocycles. The van der Waals surface area contributed by atoms with Crippen LogP contribution in [0.2, 0.25) is 0 Å². The van der Waals surface area contributed by atoms with Crippen molar-refractivity contribution < 1.29 is 14.3 Å². The average molecular weight is 355 g/mol. The van der Waals surface area contributed by atoms with Crippen LogP contribution in [0.4, 0.5) is 4.79 Å². The monoisotopic (exact) mass is 355 g/mol. The van der Waals surface area contributed by atoms with Gasteiger partial charge >= 0.3 is 6.09 Å². The molecule has 0 saturated carbocycles. The molecule has 2 fully saturated rings. The van der Waals surface area contributed by atoms with Gasteiger partial charge in [-0.15, -0.1) is 0 Å². The van der Waals surface area contributed by atoms with Crippen molar-refractivity contribution in [2.45, 2.75) is 39.2 Å². The van der Waals surface area contributed by atoms with Gasteiger partial charge in [-0.3, -0.25) is 4.79 Å². The Kier molecular flexibility index (Phi) is 3.75. The van der Waals surface area contributed by atoms with Crippen molar-refractivity contribution in [3.8, 4) is 0 Å². The van der Waals surface area contributed by atoms with E-state index in [-0.39, 0.29) is 12.0 Å². The van der Waals surface area contributed by atoms with E-state index in [4.69, 9.17) is 4.74 Å². The highest BCUT2D eigenvalue weighted by Crippen LogP contribution is 2.34. The number of amides is 2. The fourth-order valence-corrected chi connectivity index (χ4v) is 4.32. The van der Waals surface area contributed by atoms with E-state index >= 15 is 0 Å². The maximum absolute atomic E-state index is 13.1. The van der Waals surface area contributed by atoms with E-state index in [1.54, 1.807) is 11.9 Å². The van der Waals surface area contributed by atoms with Gasteiger partial charge in [-0.05, 0) is 38.0 Å². The molecule has 1 spiro atoms. The van der Waals surface area contributed by atoms with Gasteiger partial charge < -0.3 is 19.5 Å². The number of nitrogens with one attached hydrogen (secondary N) is 1. The van der Waals surface area contributed by atoms with Crippen molar-refractivity contribution in [2.75, 3.05) is 26.7 Å². The second-order valence-electron chi connectivity index (χ2n) is 7.83. The zero-order valence-electron chi connectivity index (χ0n) is 15.8. The molecule has 6 nitrogen and oxygen atoms in total. The number of H-pyrrole nitrogens is 1. The summed E-state index contributed by atoms with van der Waals surface area (Å²) >= 11 is 0. The zero-order valence-corrected chi connectivity index (χ0v) is 15.8. The third-order valence-electron chi connectivity index (χ3n) is 5.83. The molecule has 1 N–H and O–H groups in total. The summed E-state index contributed by atoms with van der Waals surface area (Å²) in [6.45, 7) is 7.96. The van der Waals surface area contributed by atoms with E-state index in [9.17, 15) is 9.59 Å². The van der Waals surface area contributed by atoms with Crippen LogP contribution in [0.3, 0.4) is 0 Å². The summed E-state index contributed by atoms with van der Waals surface area (Å²) in [6.07, 6.45) is 1.11.